The largest absolute Gasteiger partial charge is 0.479 e. The molecule has 1 aliphatic rings. The zero-order chi connectivity index (χ0) is 20.5. The highest BCUT2D eigenvalue weighted by atomic mass is 32.2. The number of pyridine rings is 1. The van der Waals surface area contributed by atoms with Crippen molar-refractivity contribution in [3.8, 4) is 11.8 Å². The van der Waals surface area contributed by atoms with Crippen LogP contribution in [0.3, 0.4) is 0 Å². The van der Waals surface area contributed by atoms with Crippen LogP contribution >= 0.6 is 0 Å². The number of aromatic nitrogens is 3. The van der Waals surface area contributed by atoms with Crippen LogP contribution in [-0.4, -0.2) is 43.1 Å². The molecule has 0 fully saturated rings. The van der Waals surface area contributed by atoms with E-state index in [-0.39, 0.29) is 16.6 Å². The number of nitrogens with one attached hydrogen (secondary N) is 1. The van der Waals surface area contributed by atoms with E-state index in [0.717, 1.165) is 12.5 Å². The predicted molar refractivity (Wildman–Crippen MR) is 92.8 cm³/mol. The number of sulfonamides is 1. The molecule has 3 heterocycles. The number of ether oxygens (including phenoxy) is 2. The Hall–Kier alpha value is -2.50. The SMILES string of the molecule is COc1nc(OCC(F)F)c(F)cc1NS(=O)(=O)c1cnc2n1CC[C@@H](C)C2. The second-order valence-corrected chi connectivity index (χ2v) is 8.03. The maximum Gasteiger partial charge on any atom is 0.279 e. The lowest BCUT2D eigenvalue weighted by Gasteiger charge is -2.21. The van der Waals surface area contributed by atoms with Gasteiger partial charge in [0.05, 0.1) is 13.3 Å². The van der Waals surface area contributed by atoms with Gasteiger partial charge in [0.1, 0.15) is 11.5 Å². The topological polar surface area (TPSA) is 95.3 Å². The Morgan fingerprint density at radius 3 is 2.82 bits per heavy atom. The third-order valence-electron chi connectivity index (χ3n) is 4.25. The van der Waals surface area contributed by atoms with Gasteiger partial charge in [0.2, 0.25) is 5.88 Å². The molecule has 2 aromatic heterocycles. The van der Waals surface area contributed by atoms with Gasteiger partial charge in [0.15, 0.2) is 17.5 Å². The van der Waals surface area contributed by atoms with Crippen LogP contribution in [0.15, 0.2) is 17.3 Å². The highest BCUT2D eigenvalue weighted by Gasteiger charge is 2.28. The Morgan fingerprint density at radius 2 is 2.14 bits per heavy atom. The van der Waals surface area contributed by atoms with E-state index in [0.29, 0.717) is 24.7 Å². The summed E-state index contributed by atoms with van der Waals surface area (Å²) in [5, 5.41) is -0.0603. The summed E-state index contributed by atoms with van der Waals surface area (Å²) in [6, 6.07) is 0.764. The number of hydrogen-bond donors (Lipinski definition) is 1. The van der Waals surface area contributed by atoms with Gasteiger partial charge in [-0.2, -0.15) is 13.4 Å². The molecule has 0 aromatic carbocycles. The van der Waals surface area contributed by atoms with Crippen molar-refractivity contribution in [3.05, 3.63) is 23.9 Å². The van der Waals surface area contributed by atoms with Crippen LogP contribution in [0.1, 0.15) is 19.2 Å². The minimum atomic E-state index is -4.11. The Morgan fingerprint density at radius 1 is 1.39 bits per heavy atom. The maximum absolute atomic E-state index is 14.1. The maximum atomic E-state index is 14.1. The van der Waals surface area contributed by atoms with Gasteiger partial charge < -0.3 is 14.0 Å². The number of anilines is 1. The molecule has 0 spiro atoms. The zero-order valence-electron chi connectivity index (χ0n) is 15.2. The number of imidazole rings is 1. The van der Waals surface area contributed by atoms with E-state index in [9.17, 15) is 21.6 Å². The van der Waals surface area contributed by atoms with E-state index < -0.39 is 34.8 Å². The van der Waals surface area contributed by atoms with Crippen LogP contribution in [0.5, 0.6) is 11.8 Å². The molecule has 1 N–H and O–H groups in total. The van der Waals surface area contributed by atoms with Gasteiger partial charge in [-0.15, -0.1) is 0 Å². The van der Waals surface area contributed by atoms with Gasteiger partial charge in [-0.05, 0) is 12.3 Å². The molecule has 28 heavy (non-hydrogen) atoms. The molecule has 12 heteroatoms. The van der Waals surface area contributed by atoms with Crippen LogP contribution in [0.25, 0.3) is 0 Å². The van der Waals surface area contributed by atoms with Gasteiger partial charge in [0.25, 0.3) is 22.3 Å². The number of halogens is 3. The number of alkyl halides is 2. The molecule has 0 saturated carbocycles. The van der Waals surface area contributed by atoms with E-state index in [1.54, 1.807) is 4.57 Å². The molecule has 0 saturated heterocycles. The van der Waals surface area contributed by atoms with E-state index >= 15 is 0 Å². The van der Waals surface area contributed by atoms with Gasteiger partial charge in [-0.3, -0.25) is 4.72 Å². The second kappa shape index (κ2) is 7.86. The van der Waals surface area contributed by atoms with Crippen LogP contribution < -0.4 is 14.2 Å². The molecule has 8 nitrogen and oxygen atoms in total. The summed E-state index contributed by atoms with van der Waals surface area (Å²) in [5.74, 6) is -1.08. The standard InChI is InChI=1S/C16H19F3N4O4S/c1-9-3-4-23-13(5-9)20-7-14(23)28(24,25)22-11-6-10(17)15(21-16(11)26-2)27-8-12(18)19/h6-7,9,12,22H,3-5,8H2,1-2H3/t9-/m1/s1. The van der Waals surface area contributed by atoms with Crippen molar-refractivity contribution in [1.82, 2.24) is 14.5 Å². The Bertz CT molecular complexity index is 965. The molecular weight excluding hydrogens is 401 g/mol. The first-order valence-electron chi connectivity index (χ1n) is 8.44. The second-order valence-electron chi connectivity index (χ2n) is 6.40. The summed E-state index contributed by atoms with van der Waals surface area (Å²) in [6.07, 6.45) is -0.111. The summed E-state index contributed by atoms with van der Waals surface area (Å²) in [4.78, 5) is 7.79. The van der Waals surface area contributed by atoms with Crippen molar-refractivity contribution >= 4 is 15.7 Å². The highest BCUT2D eigenvalue weighted by molar-refractivity contribution is 7.92. The van der Waals surface area contributed by atoms with E-state index in [1.807, 2.05) is 0 Å². The summed E-state index contributed by atoms with van der Waals surface area (Å²) in [6.45, 7) is 1.50. The van der Waals surface area contributed by atoms with Gasteiger partial charge >= 0.3 is 0 Å². The van der Waals surface area contributed by atoms with Crippen molar-refractivity contribution in [1.29, 1.82) is 0 Å². The molecule has 0 unspecified atom stereocenters. The summed E-state index contributed by atoms with van der Waals surface area (Å²) >= 11 is 0. The fourth-order valence-corrected chi connectivity index (χ4v) is 4.12. The monoisotopic (exact) mass is 420 g/mol. The lowest BCUT2D eigenvalue weighted by molar-refractivity contribution is 0.0770. The summed E-state index contributed by atoms with van der Waals surface area (Å²) in [7, 11) is -2.94. The predicted octanol–water partition coefficient (Wildman–Crippen LogP) is 2.45. The summed E-state index contributed by atoms with van der Waals surface area (Å²) < 4.78 is 77.5. The fourth-order valence-electron chi connectivity index (χ4n) is 2.90. The lowest BCUT2D eigenvalue weighted by atomic mass is 10.0. The number of methoxy groups -OCH3 is 1. The minimum Gasteiger partial charge on any atom is -0.479 e. The van der Waals surface area contributed by atoms with E-state index in [1.165, 1.54) is 13.3 Å². The van der Waals surface area contributed by atoms with Crippen molar-refractivity contribution in [2.24, 2.45) is 5.92 Å². The number of rotatable bonds is 7. The van der Waals surface area contributed by atoms with Crippen molar-refractivity contribution in [2.45, 2.75) is 37.8 Å². The third-order valence-corrected chi connectivity index (χ3v) is 5.61. The van der Waals surface area contributed by atoms with E-state index in [2.05, 4.69) is 26.4 Å². The lowest BCUT2D eigenvalue weighted by Crippen LogP contribution is -2.23. The van der Waals surface area contributed by atoms with Crippen LogP contribution in [0.2, 0.25) is 0 Å². The van der Waals surface area contributed by atoms with E-state index in [4.69, 9.17) is 4.74 Å². The summed E-state index contributed by atoms with van der Waals surface area (Å²) in [5.41, 5.74) is -0.288. The molecule has 154 valence electrons. The first-order valence-corrected chi connectivity index (χ1v) is 9.92. The molecular formula is C16H19F3N4O4S. The zero-order valence-corrected chi connectivity index (χ0v) is 16.0. The minimum absolute atomic E-state index is 0.0603. The van der Waals surface area contributed by atoms with Gasteiger partial charge in [0, 0.05) is 19.0 Å². The number of hydrogen-bond acceptors (Lipinski definition) is 6. The normalized spacial score (nSPS) is 16.7. The van der Waals surface area contributed by atoms with Crippen molar-refractivity contribution < 1.29 is 31.1 Å². The molecule has 2 aromatic rings. The third kappa shape index (κ3) is 4.16. The van der Waals surface area contributed by atoms with Crippen LogP contribution in [0.4, 0.5) is 18.9 Å². The Kier molecular flexibility index (Phi) is 5.68. The van der Waals surface area contributed by atoms with Crippen LogP contribution in [-0.2, 0) is 23.0 Å². The molecule has 1 atom stereocenters. The average molecular weight is 420 g/mol. The molecule has 0 aliphatic carbocycles. The highest BCUT2D eigenvalue weighted by Crippen LogP contribution is 2.31. The van der Waals surface area contributed by atoms with Crippen molar-refractivity contribution in [2.75, 3.05) is 18.4 Å². The van der Waals surface area contributed by atoms with Gasteiger partial charge in [-0.1, -0.05) is 6.92 Å². The molecule has 1 aliphatic heterocycles. The van der Waals surface area contributed by atoms with Crippen molar-refractivity contribution in [3.63, 3.8) is 0 Å². The fraction of sp³-hybridized carbons (Fsp3) is 0.500. The Balaban J connectivity index is 1.89. The quantitative estimate of drug-likeness (QED) is 0.739. The molecule has 0 radical (unpaired) electrons. The first kappa shape index (κ1) is 20.2. The first-order chi connectivity index (χ1) is 13.2. The van der Waals surface area contributed by atoms with Crippen LogP contribution in [0, 0.1) is 11.7 Å². The molecule has 0 amide bonds. The number of nitrogens with zero attached hydrogens (tertiary/aromatic N) is 3. The molecule has 3 rings (SSSR count). The smallest absolute Gasteiger partial charge is 0.279 e. The average Bonchev–Trinajstić information content (AvgIpc) is 3.04. The molecule has 0 bridgehead atoms. The Labute approximate surface area is 159 Å². The van der Waals surface area contributed by atoms with Gasteiger partial charge in [-0.25, -0.2) is 18.2 Å². The number of fused-ring (bicyclic) bond motifs is 1.